The summed E-state index contributed by atoms with van der Waals surface area (Å²) in [6, 6.07) is 6.37. The summed E-state index contributed by atoms with van der Waals surface area (Å²) in [6.45, 7) is 5.79. The van der Waals surface area contributed by atoms with E-state index in [-0.39, 0.29) is 29.8 Å². The largest absolute Gasteiger partial charge is 0.395 e. The zero-order chi connectivity index (χ0) is 23.9. The smallest absolute Gasteiger partial charge is 0.321 e. The standard InChI is InChI=1S/C27H40FN3O3/c1-3-30-17-27(10-12-31(13-11-27)26(33)29-23-7-5-4-6-22(23)28)25-20-9-8-19(34-2)14-18(20)15-21(25)24(30)16-32/h4-7,18-21,24-25,32H,3,8-17H2,1-2H3,(H,29,33)/t18?,19?,20?,21?,24-,25?/m0/s1. The van der Waals surface area contributed by atoms with Gasteiger partial charge in [-0.25, -0.2) is 9.18 Å². The zero-order valence-electron chi connectivity index (χ0n) is 20.6. The summed E-state index contributed by atoms with van der Waals surface area (Å²) in [5.41, 5.74) is 0.419. The van der Waals surface area contributed by atoms with Crippen molar-refractivity contribution in [3.63, 3.8) is 0 Å². The highest BCUT2D eigenvalue weighted by atomic mass is 19.1. The van der Waals surface area contributed by atoms with E-state index in [2.05, 4.69) is 17.1 Å². The molecule has 2 aliphatic carbocycles. The van der Waals surface area contributed by atoms with Gasteiger partial charge in [0, 0.05) is 32.8 Å². The van der Waals surface area contributed by atoms with Crippen molar-refractivity contribution in [2.75, 3.05) is 45.2 Å². The molecule has 6 nitrogen and oxygen atoms in total. The number of aliphatic hydroxyl groups excluding tert-OH is 1. The Morgan fingerprint density at radius 2 is 1.97 bits per heavy atom. The summed E-state index contributed by atoms with van der Waals surface area (Å²) in [5.74, 6) is 2.09. The monoisotopic (exact) mass is 473 g/mol. The van der Waals surface area contributed by atoms with Gasteiger partial charge in [0.05, 0.1) is 18.4 Å². The number of urea groups is 1. The third-order valence-corrected chi connectivity index (χ3v) is 9.77. The van der Waals surface area contributed by atoms with Crippen LogP contribution in [-0.4, -0.2) is 73.0 Å². The van der Waals surface area contributed by atoms with Crippen LogP contribution in [-0.2, 0) is 4.74 Å². The lowest BCUT2D eigenvalue weighted by Gasteiger charge is -2.58. The number of methoxy groups -OCH3 is 1. The minimum absolute atomic E-state index is 0.181. The number of aliphatic hydroxyl groups is 1. The first-order chi connectivity index (χ1) is 16.5. The highest BCUT2D eigenvalue weighted by molar-refractivity contribution is 5.89. The van der Waals surface area contributed by atoms with Crippen molar-refractivity contribution in [1.82, 2.24) is 9.80 Å². The fourth-order valence-electron chi connectivity index (χ4n) is 8.22. The molecular formula is C27H40FN3O3. The van der Waals surface area contributed by atoms with Gasteiger partial charge in [-0.15, -0.1) is 0 Å². The number of halogens is 1. The molecule has 7 heteroatoms. The van der Waals surface area contributed by atoms with Crippen molar-refractivity contribution in [1.29, 1.82) is 0 Å². The molecular weight excluding hydrogens is 433 g/mol. The third-order valence-electron chi connectivity index (χ3n) is 9.77. The molecule has 4 aliphatic rings. The lowest BCUT2D eigenvalue weighted by molar-refractivity contribution is -0.101. The number of likely N-dealkylation sites (N-methyl/N-ethyl adjacent to an activating group) is 1. The summed E-state index contributed by atoms with van der Waals surface area (Å²) in [6.07, 6.45) is 7.01. The second-order valence-electron chi connectivity index (χ2n) is 11.1. The van der Waals surface area contributed by atoms with E-state index >= 15 is 0 Å². The van der Waals surface area contributed by atoms with E-state index in [4.69, 9.17) is 4.74 Å². The van der Waals surface area contributed by atoms with Crippen LogP contribution in [0.1, 0.15) is 45.4 Å². The first-order valence-electron chi connectivity index (χ1n) is 13.2. The molecule has 5 unspecified atom stereocenters. The molecule has 2 saturated heterocycles. The zero-order valence-corrected chi connectivity index (χ0v) is 20.6. The number of rotatable bonds is 4. The SMILES string of the molecule is CCN1CC2(CCN(C(=O)Nc3ccccc3F)CC2)C2C3CCC(OC)CC3CC2[C@@H]1CO. The normalized spacial score (nSPS) is 35.1. The van der Waals surface area contributed by atoms with Gasteiger partial charge in [-0.05, 0) is 86.3 Å². The molecule has 2 saturated carbocycles. The van der Waals surface area contributed by atoms with Crippen LogP contribution in [0.2, 0.25) is 0 Å². The van der Waals surface area contributed by atoms with Gasteiger partial charge >= 0.3 is 6.03 Å². The average molecular weight is 474 g/mol. The molecule has 2 amide bonds. The number of nitrogens with one attached hydrogen (secondary N) is 1. The molecule has 1 spiro atoms. The van der Waals surface area contributed by atoms with E-state index in [0.717, 1.165) is 38.8 Å². The number of benzene rings is 1. The topological polar surface area (TPSA) is 65.0 Å². The van der Waals surface area contributed by atoms with E-state index in [1.807, 2.05) is 12.0 Å². The van der Waals surface area contributed by atoms with Crippen LogP contribution < -0.4 is 5.32 Å². The van der Waals surface area contributed by atoms with Crippen LogP contribution in [0.4, 0.5) is 14.9 Å². The van der Waals surface area contributed by atoms with Gasteiger partial charge in [-0.2, -0.15) is 0 Å². The molecule has 188 valence electrons. The number of ether oxygens (including phenoxy) is 1. The van der Waals surface area contributed by atoms with Gasteiger partial charge in [-0.3, -0.25) is 4.90 Å². The first-order valence-corrected chi connectivity index (χ1v) is 13.2. The number of para-hydroxylation sites is 1. The molecule has 6 atom stereocenters. The maximum absolute atomic E-state index is 14.0. The van der Waals surface area contributed by atoms with Crippen molar-refractivity contribution >= 4 is 11.7 Å². The van der Waals surface area contributed by atoms with Crippen molar-refractivity contribution in [3.05, 3.63) is 30.1 Å². The van der Waals surface area contributed by atoms with Gasteiger partial charge in [0.25, 0.3) is 0 Å². The average Bonchev–Trinajstić information content (AvgIpc) is 3.25. The second kappa shape index (κ2) is 9.75. The van der Waals surface area contributed by atoms with Crippen molar-refractivity contribution in [2.45, 2.75) is 57.6 Å². The lowest BCUT2D eigenvalue weighted by Crippen LogP contribution is -2.62. The van der Waals surface area contributed by atoms with Crippen LogP contribution in [0.15, 0.2) is 24.3 Å². The van der Waals surface area contributed by atoms with E-state index < -0.39 is 5.82 Å². The Balaban J connectivity index is 1.34. The lowest BCUT2D eigenvalue weighted by atomic mass is 9.57. The molecule has 0 bridgehead atoms. The number of hydrogen-bond donors (Lipinski definition) is 2. The summed E-state index contributed by atoms with van der Waals surface area (Å²) < 4.78 is 19.8. The predicted molar refractivity (Wildman–Crippen MR) is 130 cm³/mol. The van der Waals surface area contributed by atoms with Crippen molar-refractivity contribution < 1.29 is 19.0 Å². The minimum Gasteiger partial charge on any atom is -0.395 e. The summed E-state index contributed by atoms with van der Waals surface area (Å²) in [7, 11) is 1.84. The maximum atomic E-state index is 14.0. The Hall–Kier alpha value is -1.70. The highest BCUT2D eigenvalue weighted by Crippen LogP contribution is 2.62. The molecule has 0 radical (unpaired) electrons. The summed E-state index contributed by atoms with van der Waals surface area (Å²) in [5, 5.41) is 13.1. The number of nitrogens with zero attached hydrogens (tertiary/aromatic N) is 2. The molecule has 2 N–H and O–H groups in total. The second-order valence-corrected chi connectivity index (χ2v) is 11.1. The molecule has 5 rings (SSSR count). The Labute approximate surface area is 202 Å². The minimum atomic E-state index is -0.406. The van der Waals surface area contributed by atoms with Gasteiger partial charge in [-0.1, -0.05) is 19.1 Å². The van der Waals surface area contributed by atoms with Crippen LogP contribution in [0.5, 0.6) is 0 Å². The molecule has 4 fully saturated rings. The van der Waals surface area contributed by atoms with Gasteiger partial charge in [0.1, 0.15) is 5.82 Å². The molecule has 2 aliphatic heterocycles. The summed E-state index contributed by atoms with van der Waals surface area (Å²) in [4.78, 5) is 17.3. The van der Waals surface area contributed by atoms with E-state index in [9.17, 15) is 14.3 Å². The Kier molecular flexibility index (Phi) is 6.88. The van der Waals surface area contributed by atoms with Crippen LogP contribution in [0.3, 0.4) is 0 Å². The van der Waals surface area contributed by atoms with Crippen molar-refractivity contribution in [2.24, 2.45) is 29.1 Å². The summed E-state index contributed by atoms with van der Waals surface area (Å²) >= 11 is 0. The fraction of sp³-hybridized carbons (Fsp3) is 0.741. The van der Waals surface area contributed by atoms with Crippen LogP contribution in [0.25, 0.3) is 0 Å². The van der Waals surface area contributed by atoms with Gasteiger partial charge < -0.3 is 20.1 Å². The van der Waals surface area contributed by atoms with Crippen LogP contribution in [0, 0.1) is 34.9 Å². The molecule has 0 aromatic heterocycles. The van der Waals surface area contributed by atoms with Gasteiger partial charge in [0.15, 0.2) is 0 Å². The molecule has 2 heterocycles. The molecule has 34 heavy (non-hydrogen) atoms. The Bertz CT molecular complexity index is 874. The first kappa shape index (κ1) is 24.0. The maximum Gasteiger partial charge on any atom is 0.321 e. The predicted octanol–water partition coefficient (Wildman–Crippen LogP) is 4.20. The quantitative estimate of drug-likeness (QED) is 0.688. The number of hydrogen-bond acceptors (Lipinski definition) is 4. The van der Waals surface area contributed by atoms with Crippen molar-refractivity contribution in [3.8, 4) is 0 Å². The van der Waals surface area contributed by atoms with Crippen LogP contribution >= 0.6 is 0 Å². The molecule has 1 aromatic carbocycles. The Morgan fingerprint density at radius 3 is 2.65 bits per heavy atom. The number of fused-ring (bicyclic) bond motifs is 4. The number of amides is 2. The number of piperidine rings is 2. The number of likely N-dealkylation sites (tertiary alicyclic amines) is 2. The Morgan fingerprint density at radius 1 is 1.21 bits per heavy atom. The molecule has 1 aromatic rings. The third kappa shape index (κ3) is 4.14. The van der Waals surface area contributed by atoms with E-state index in [1.54, 1.807) is 18.2 Å². The van der Waals surface area contributed by atoms with Gasteiger partial charge in [0.2, 0.25) is 0 Å². The van der Waals surface area contributed by atoms with E-state index in [0.29, 0.717) is 42.9 Å². The van der Waals surface area contributed by atoms with E-state index in [1.165, 1.54) is 18.9 Å². The number of anilines is 1. The highest BCUT2D eigenvalue weighted by Gasteiger charge is 2.60. The number of carbonyl (C=O) groups is 1. The fourth-order valence-corrected chi connectivity index (χ4v) is 8.22. The number of carbonyl (C=O) groups excluding carboxylic acids is 1.